The largest absolute Gasteiger partial charge is 0.384 e. The number of nitrogens with one attached hydrogen (secondary N) is 2. The lowest BCUT2D eigenvalue weighted by molar-refractivity contribution is 0.0933. The zero-order chi connectivity index (χ0) is 14.4. The Kier molecular flexibility index (Phi) is 4.47. The molecule has 0 spiro atoms. The molecule has 102 valence electrons. The summed E-state index contributed by atoms with van der Waals surface area (Å²) in [6, 6.07) is 3.04. The minimum Gasteiger partial charge on any atom is -0.384 e. The molecule has 2 rings (SSSR count). The first-order valence-corrected chi connectivity index (χ1v) is 6.06. The molecule has 0 saturated carbocycles. The van der Waals surface area contributed by atoms with Crippen molar-refractivity contribution in [3.63, 3.8) is 0 Å². The SMILES string of the molecule is CC(NC(=O)c1ccc(C#CCO)cn1)c1ncc[nH]1. The summed E-state index contributed by atoms with van der Waals surface area (Å²) >= 11 is 0. The van der Waals surface area contributed by atoms with Crippen LogP contribution in [0.2, 0.25) is 0 Å². The number of hydrogen-bond donors (Lipinski definition) is 3. The molecule has 0 radical (unpaired) electrons. The molecule has 20 heavy (non-hydrogen) atoms. The fourth-order valence-electron chi connectivity index (χ4n) is 1.60. The number of imidazole rings is 1. The Morgan fingerprint density at radius 1 is 1.50 bits per heavy atom. The van der Waals surface area contributed by atoms with E-state index in [1.165, 1.54) is 6.20 Å². The minimum atomic E-state index is -0.282. The van der Waals surface area contributed by atoms with Gasteiger partial charge in [0.1, 0.15) is 18.1 Å². The lowest BCUT2D eigenvalue weighted by Crippen LogP contribution is -2.28. The molecule has 2 aromatic heterocycles. The second-order valence-electron chi connectivity index (χ2n) is 4.06. The number of amides is 1. The molecule has 6 heteroatoms. The lowest BCUT2D eigenvalue weighted by atomic mass is 10.2. The second-order valence-corrected chi connectivity index (χ2v) is 4.06. The first kappa shape index (κ1) is 13.8. The van der Waals surface area contributed by atoms with Gasteiger partial charge in [0, 0.05) is 24.2 Å². The van der Waals surface area contributed by atoms with Crippen molar-refractivity contribution in [3.8, 4) is 11.8 Å². The summed E-state index contributed by atoms with van der Waals surface area (Å²) in [5, 5.41) is 11.4. The number of aromatic amines is 1. The van der Waals surface area contributed by atoms with Crippen LogP contribution in [-0.4, -0.2) is 32.6 Å². The third kappa shape index (κ3) is 3.43. The van der Waals surface area contributed by atoms with Gasteiger partial charge in [-0.1, -0.05) is 11.8 Å². The molecule has 2 heterocycles. The van der Waals surface area contributed by atoms with Crippen LogP contribution in [0.5, 0.6) is 0 Å². The standard InChI is InChI=1S/C14H14N4O2/c1-10(13-15-6-7-16-13)18-14(20)12-5-4-11(9-17-12)3-2-8-19/h4-7,9-10,19H,8H2,1H3,(H,15,16)(H,18,20). The van der Waals surface area contributed by atoms with Crippen molar-refractivity contribution >= 4 is 5.91 Å². The quantitative estimate of drug-likeness (QED) is 0.714. The number of aliphatic hydroxyl groups excluding tert-OH is 1. The number of aromatic nitrogens is 3. The van der Waals surface area contributed by atoms with Crippen LogP contribution in [0, 0.1) is 11.8 Å². The molecule has 0 aromatic carbocycles. The fourth-order valence-corrected chi connectivity index (χ4v) is 1.60. The summed E-state index contributed by atoms with van der Waals surface area (Å²) in [4.78, 5) is 23.0. The van der Waals surface area contributed by atoms with Gasteiger partial charge >= 0.3 is 0 Å². The van der Waals surface area contributed by atoms with Crippen LogP contribution in [0.4, 0.5) is 0 Å². The van der Waals surface area contributed by atoms with Crippen LogP contribution in [0.25, 0.3) is 0 Å². The minimum absolute atomic E-state index is 0.205. The van der Waals surface area contributed by atoms with Gasteiger partial charge in [-0.15, -0.1) is 0 Å². The second kappa shape index (κ2) is 6.50. The van der Waals surface area contributed by atoms with E-state index in [9.17, 15) is 4.79 Å². The first-order valence-electron chi connectivity index (χ1n) is 6.06. The van der Waals surface area contributed by atoms with E-state index in [-0.39, 0.29) is 18.6 Å². The number of aliphatic hydroxyl groups is 1. The highest BCUT2D eigenvalue weighted by atomic mass is 16.2. The molecule has 3 N–H and O–H groups in total. The van der Waals surface area contributed by atoms with Crippen molar-refractivity contribution in [3.05, 3.63) is 47.8 Å². The number of carbonyl (C=O) groups excluding carboxylic acids is 1. The van der Waals surface area contributed by atoms with Gasteiger partial charge in [-0.3, -0.25) is 4.79 Å². The normalized spacial score (nSPS) is 11.3. The molecule has 0 aliphatic rings. The molecule has 1 amide bonds. The maximum Gasteiger partial charge on any atom is 0.270 e. The molecule has 0 fully saturated rings. The monoisotopic (exact) mass is 270 g/mol. The highest BCUT2D eigenvalue weighted by Gasteiger charge is 2.13. The van der Waals surface area contributed by atoms with Crippen molar-refractivity contribution in [2.45, 2.75) is 13.0 Å². The molecule has 1 atom stereocenters. The lowest BCUT2D eigenvalue weighted by Gasteiger charge is -2.10. The van der Waals surface area contributed by atoms with E-state index in [0.29, 0.717) is 17.1 Å². The molecule has 1 unspecified atom stereocenters. The summed E-state index contributed by atoms with van der Waals surface area (Å²) in [5.41, 5.74) is 0.952. The predicted molar refractivity (Wildman–Crippen MR) is 72.7 cm³/mol. The van der Waals surface area contributed by atoms with Crippen molar-refractivity contribution in [1.29, 1.82) is 0 Å². The summed E-state index contributed by atoms with van der Waals surface area (Å²) in [5.74, 6) is 5.63. The van der Waals surface area contributed by atoms with Gasteiger partial charge in [-0.2, -0.15) is 0 Å². The Balaban J connectivity index is 2.02. The molecule has 2 aromatic rings. The van der Waals surface area contributed by atoms with Crippen LogP contribution in [0.1, 0.15) is 34.8 Å². The molecular formula is C14H14N4O2. The smallest absolute Gasteiger partial charge is 0.270 e. The van der Waals surface area contributed by atoms with Crippen LogP contribution < -0.4 is 5.32 Å². The maximum absolute atomic E-state index is 12.0. The van der Waals surface area contributed by atoms with E-state index < -0.39 is 0 Å². The van der Waals surface area contributed by atoms with Crippen LogP contribution in [0.15, 0.2) is 30.7 Å². The fraction of sp³-hybridized carbons (Fsp3) is 0.214. The Morgan fingerprint density at radius 3 is 2.95 bits per heavy atom. The number of carbonyl (C=O) groups is 1. The Hall–Kier alpha value is -2.65. The molecule has 0 aliphatic carbocycles. The molecule has 0 aliphatic heterocycles. The number of pyridine rings is 1. The third-order valence-corrected chi connectivity index (χ3v) is 2.59. The van der Waals surface area contributed by atoms with E-state index in [4.69, 9.17) is 5.11 Å². The Labute approximate surface area is 116 Å². The zero-order valence-corrected chi connectivity index (χ0v) is 10.9. The molecule has 0 saturated heterocycles. The van der Waals surface area contributed by atoms with E-state index in [0.717, 1.165) is 0 Å². The van der Waals surface area contributed by atoms with E-state index in [2.05, 4.69) is 32.1 Å². The summed E-state index contributed by atoms with van der Waals surface area (Å²) in [7, 11) is 0. The molecule has 6 nitrogen and oxygen atoms in total. The van der Waals surface area contributed by atoms with Crippen LogP contribution >= 0.6 is 0 Å². The highest BCUT2D eigenvalue weighted by Crippen LogP contribution is 2.07. The summed E-state index contributed by atoms with van der Waals surface area (Å²) < 4.78 is 0. The van der Waals surface area contributed by atoms with Gasteiger partial charge in [0.15, 0.2) is 0 Å². The first-order chi connectivity index (χ1) is 9.70. The van der Waals surface area contributed by atoms with Crippen molar-refractivity contribution in [1.82, 2.24) is 20.3 Å². The van der Waals surface area contributed by atoms with E-state index >= 15 is 0 Å². The summed E-state index contributed by atoms with van der Waals surface area (Å²) in [6.07, 6.45) is 4.82. The number of hydrogen-bond acceptors (Lipinski definition) is 4. The molecule has 0 bridgehead atoms. The van der Waals surface area contributed by atoms with Gasteiger partial charge in [0.25, 0.3) is 5.91 Å². The topological polar surface area (TPSA) is 90.9 Å². The van der Waals surface area contributed by atoms with Gasteiger partial charge in [-0.25, -0.2) is 9.97 Å². The van der Waals surface area contributed by atoms with Crippen molar-refractivity contribution in [2.24, 2.45) is 0 Å². The van der Waals surface area contributed by atoms with Crippen molar-refractivity contribution in [2.75, 3.05) is 6.61 Å². The Bertz CT molecular complexity index is 623. The summed E-state index contributed by atoms with van der Waals surface area (Å²) in [6.45, 7) is 1.63. The van der Waals surface area contributed by atoms with Crippen molar-refractivity contribution < 1.29 is 9.90 Å². The number of H-pyrrole nitrogens is 1. The zero-order valence-electron chi connectivity index (χ0n) is 10.9. The Morgan fingerprint density at radius 2 is 2.35 bits per heavy atom. The predicted octanol–water partition coefficient (Wildman–Crippen LogP) is 0.640. The number of nitrogens with zero attached hydrogens (tertiary/aromatic N) is 2. The van der Waals surface area contributed by atoms with Crippen LogP contribution in [-0.2, 0) is 0 Å². The average molecular weight is 270 g/mol. The third-order valence-electron chi connectivity index (χ3n) is 2.59. The van der Waals surface area contributed by atoms with Gasteiger partial charge in [-0.05, 0) is 19.1 Å². The van der Waals surface area contributed by atoms with Crippen LogP contribution in [0.3, 0.4) is 0 Å². The van der Waals surface area contributed by atoms with Gasteiger partial charge in [0.05, 0.1) is 6.04 Å². The average Bonchev–Trinajstić information content (AvgIpc) is 3.00. The van der Waals surface area contributed by atoms with E-state index in [1.54, 1.807) is 24.5 Å². The van der Waals surface area contributed by atoms with E-state index in [1.807, 2.05) is 6.92 Å². The van der Waals surface area contributed by atoms with Gasteiger partial charge < -0.3 is 15.4 Å². The van der Waals surface area contributed by atoms with Gasteiger partial charge in [0.2, 0.25) is 0 Å². The highest BCUT2D eigenvalue weighted by molar-refractivity contribution is 5.92. The maximum atomic E-state index is 12.0. The molecular weight excluding hydrogens is 256 g/mol. The number of rotatable bonds is 3.